The number of rotatable bonds is 12. The van der Waals surface area contributed by atoms with Gasteiger partial charge in [-0.05, 0) is 63.0 Å². The van der Waals surface area contributed by atoms with Crippen LogP contribution in [-0.4, -0.2) is 66.2 Å². The summed E-state index contributed by atoms with van der Waals surface area (Å²) >= 11 is 0. The predicted molar refractivity (Wildman–Crippen MR) is 124 cm³/mol. The number of likely N-dealkylation sites (tertiary alicyclic amines) is 1. The first-order chi connectivity index (χ1) is 15.7. The quantitative estimate of drug-likeness (QED) is 0.362. The lowest BCUT2D eigenvalue weighted by molar-refractivity contribution is -0.158. The lowest BCUT2D eigenvalue weighted by atomic mass is 9.80. The normalized spacial score (nSPS) is 16.4. The summed E-state index contributed by atoms with van der Waals surface area (Å²) in [6, 6.07) is 2.88. The molecule has 0 bridgehead atoms. The number of hydrogen-bond donors (Lipinski definition) is 2. The Morgan fingerprint density at radius 2 is 1.82 bits per heavy atom. The minimum atomic E-state index is -1.07. The Labute approximate surface area is 195 Å². The molecular formula is C25H37NO7. The molecule has 0 spiro atoms. The Bertz CT molecular complexity index is 849. The number of methoxy groups -OCH3 is 2. The summed E-state index contributed by atoms with van der Waals surface area (Å²) in [7, 11) is 3.14. The highest BCUT2D eigenvalue weighted by Gasteiger charge is 2.40. The molecule has 0 aromatic heterocycles. The van der Waals surface area contributed by atoms with Crippen LogP contribution in [0.4, 0.5) is 0 Å². The largest absolute Gasteiger partial charge is 0.493 e. The highest BCUT2D eigenvalue weighted by atomic mass is 16.5. The van der Waals surface area contributed by atoms with Gasteiger partial charge >= 0.3 is 5.97 Å². The summed E-state index contributed by atoms with van der Waals surface area (Å²) in [5, 5.41) is 18.6. The molecule has 1 saturated heterocycles. The van der Waals surface area contributed by atoms with Gasteiger partial charge in [0, 0.05) is 24.1 Å². The van der Waals surface area contributed by atoms with E-state index in [1.165, 1.54) is 4.90 Å². The molecule has 0 saturated carbocycles. The van der Waals surface area contributed by atoms with Gasteiger partial charge in [0.05, 0.1) is 14.2 Å². The average Bonchev–Trinajstić information content (AvgIpc) is 2.81. The highest BCUT2D eigenvalue weighted by Crippen LogP contribution is 2.37. The number of carboxylic acid groups (broad SMARTS) is 1. The van der Waals surface area contributed by atoms with Crippen LogP contribution in [-0.2, 0) is 27.2 Å². The number of aryl methyl sites for hydroxylation is 1. The van der Waals surface area contributed by atoms with Gasteiger partial charge in [-0.15, -0.1) is 0 Å². The van der Waals surface area contributed by atoms with E-state index in [1.54, 1.807) is 28.1 Å². The Hall–Kier alpha value is -2.61. The van der Waals surface area contributed by atoms with Crippen molar-refractivity contribution in [3.8, 4) is 11.5 Å². The zero-order valence-corrected chi connectivity index (χ0v) is 20.2. The smallest absolute Gasteiger partial charge is 0.326 e. The summed E-state index contributed by atoms with van der Waals surface area (Å²) in [5.41, 5.74) is 0.996. The molecule has 1 atom stereocenters. The zero-order chi connectivity index (χ0) is 24.6. The summed E-state index contributed by atoms with van der Waals surface area (Å²) in [6.07, 6.45) is 4.92. The molecule has 1 fully saturated rings. The lowest BCUT2D eigenvalue weighted by Crippen LogP contribution is -2.52. The second-order valence-electron chi connectivity index (χ2n) is 9.18. The fourth-order valence-corrected chi connectivity index (χ4v) is 4.37. The highest BCUT2D eigenvalue weighted by molar-refractivity contribution is 6.38. The van der Waals surface area contributed by atoms with Crippen LogP contribution in [0.5, 0.6) is 11.5 Å². The SMILES string of the molecule is COc1ccc(CCCCO)c(CCC(C)(C)C(=O)C(=O)N2CCCCC2C(=O)O)c1OC. The van der Waals surface area contributed by atoms with Crippen molar-refractivity contribution in [2.45, 2.75) is 71.3 Å². The average molecular weight is 464 g/mol. The number of ketones is 1. The van der Waals surface area contributed by atoms with E-state index in [0.717, 1.165) is 30.4 Å². The molecule has 1 amide bonds. The number of Topliss-reactive ketones (excluding diaryl/α,β-unsaturated/α-hetero) is 1. The number of nitrogens with zero attached hydrogens (tertiary/aromatic N) is 1. The van der Waals surface area contributed by atoms with Gasteiger partial charge in [0.15, 0.2) is 11.5 Å². The van der Waals surface area contributed by atoms with Crippen LogP contribution in [0.25, 0.3) is 0 Å². The maximum absolute atomic E-state index is 13.2. The van der Waals surface area contributed by atoms with Crippen LogP contribution in [0.2, 0.25) is 0 Å². The molecule has 1 aliphatic heterocycles. The summed E-state index contributed by atoms with van der Waals surface area (Å²) in [6.45, 7) is 3.87. The Balaban J connectivity index is 2.23. The first-order valence-corrected chi connectivity index (χ1v) is 11.6. The maximum atomic E-state index is 13.2. The van der Waals surface area contributed by atoms with Gasteiger partial charge in [0.2, 0.25) is 5.78 Å². The van der Waals surface area contributed by atoms with E-state index in [2.05, 4.69) is 0 Å². The van der Waals surface area contributed by atoms with E-state index in [9.17, 15) is 19.5 Å². The van der Waals surface area contributed by atoms with Crippen molar-refractivity contribution in [2.75, 3.05) is 27.4 Å². The monoisotopic (exact) mass is 463 g/mol. The summed E-state index contributed by atoms with van der Waals surface area (Å²) < 4.78 is 11.1. The van der Waals surface area contributed by atoms with Gasteiger partial charge in [-0.2, -0.15) is 0 Å². The lowest BCUT2D eigenvalue weighted by Gasteiger charge is -2.34. The molecule has 1 aromatic carbocycles. The summed E-state index contributed by atoms with van der Waals surface area (Å²) in [4.78, 5) is 38.9. The van der Waals surface area contributed by atoms with E-state index in [-0.39, 0.29) is 13.2 Å². The first kappa shape index (κ1) is 26.6. The minimum Gasteiger partial charge on any atom is -0.493 e. The van der Waals surface area contributed by atoms with Crippen LogP contribution in [0.3, 0.4) is 0 Å². The number of hydrogen-bond acceptors (Lipinski definition) is 6. The third-order valence-electron chi connectivity index (χ3n) is 6.46. The number of ether oxygens (including phenoxy) is 2. The van der Waals surface area contributed by atoms with Gasteiger partial charge in [-0.25, -0.2) is 4.79 Å². The van der Waals surface area contributed by atoms with Crippen LogP contribution in [0.15, 0.2) is 12.1 Å². The minimum absolute atomic E-state index is 0.125. The maximum Gasteiger partial charge on any atom is 0.326 e. The standard InChI is InChI=1S/C25H37NO7/c1-25(2,22(28)23(29)26-15-7-5-10-19(26)24(30)31)14-13-18-17(9-6-8-16-27)11-12-20(32-3)21(18)33-4/h11-12,19,27H,5-10,13-16H2,1-4H3,(H,30,31). The van der Waals surface area contributed by atoms with Crippen molar-refractivity contribution >= 4 is 17.7 Å². The number of piperidine rings is 1. The number of aliphatic carboxylic acids is 1. The molecule has 1 heterocycles. The van der Waals surface area contributed by atoms with E-state index < -0.39 is 29.1 Å². The number of carbonyl (C=O) groups excluding carboxylic acids is 2. The molecule has 1 unspecified atom stereocenters. The number of carbonyl (C=O) groups is 3. The van der Waals surface area contributed by atoms with E-state index in [0.29, 0.717) is 43.6 Å². The number of unbranched alkanes of at least 4 members (excludes halogenated alkanes) is 1. The molecule has 2 N–H and O–H groups in total. The number of amides is 1. The van der Waals surface area contributed by atoms with Gasteiger partial charge in [0.25, 0.3) is 5.91 Å². The van der Waals surface area contributed by atoms with Crippen molar-refractivity contribution in [1.29, 1.82) is 0 Å². The van der Waals surface area contributed by atoms with Gasteiger partial charge in [-0.1, -0.05) is 19.9 Å². The third kappa shape index (κ3) is 6.47. The molecular weight excluding hydrogens is 426 g/mol. The van der Waals surface area contributed by atoms with Crippen molar-refractivity contribution < 1.29 is 34.1 Å². The van der Waals surface area contributed by atoms with E-state index in [4.69, 9.17) is 14.6 Å². The fraction of sp³-hybridized carbons (Fsp3) is 0.640. The second-order valence-corrected chi connectivity index (χ2v) is 9.18. The molecule has 8 nitrogen and oxygen atoms in total. The fourth-order valence-electron chi connectivity index (χ4n) is 4.37. The number of carboxylic acids is 1. The molecule has 8 heteroatoms. The van der Waals surface area contributed by atoms with Crippen LogP contribution >= 0.6 is 0 Å². The van der Waals surface area contributed by atoms with Crippen LogP contribution < -0.4 is 9.47 Å². The van der Waals surface area contributed by atoms with Gasteiger partial charge in [-0.3, -0.25) is 9.59 Å². The van der Waals surface area contributed by atoms with Crippen molar-refractivity contribution in [3.63, 3.8) is 0 Å². The third-order valence-corrected chi connectivity index (χ3v) is 6.46. The molecule has 33 heavy (non-hydrogen) atoms. The zero-order valence-electron chi connectivity index (χ0n) is 20.2. The van der Waals surface area contributed by atoms with Gasteiger partial charge < -0.3 is 24.6 Å². The van der Waals surface area contributed by atoms with Gasteiger partial charge in [0.1, 0.15) is 6.04 Å². The Kier molecular flexibility index (Phi) is 9.70. The van der Waals surface area contributed by atoms with Crippen molar-refractivity contribution in [3.05, 3.63) is 23.3 Å². The van der Waals surface area contributed by atoms with Crippen molar-refractivity contribution in [1.82, 2.24) is 4.90 Å². The predicted octanol–water partition coefficient (Wildman–Crippen LogP) is 3.01. The molecule has 1 aliphatic rings. The number of aliphatic hydroxyl groups is 1. The Morgan fingerprint density at radius 3 is 2.42 bits per heavy atom. The molecule has 1 aromatic rings. The molecule has 0 radical (unpaired) electrons. The molecule has 184 valence electrons. The van der Waals surface area contributed by atoms with Crippen LogP contribution in [0.1, 0.15) is 63.5 Å². The number of aliphatic hydroxyl groups excluding tert-OH is 1. The van der Waals surface area contributed by atoms with Crippen molar-refractivity contribution in [2.24, 2.45) is 5.41 Å². The molecule has 2 rings (SSSR count). The summed E-state index contributed by atoms with van der Waals surface area (Å²) in [5.74, 6) is -1.15. The molecule has 0 aliphatic carbocycles. The topological polar surface area (TPSA) is 113 Å². The van der Waals surface area contributed by atoms with E-state index >= 15 is 0 Å². The Morgan fingerprint density at radius 1 is 1.09 bits per heavy atom. The number of benzene rings is 1. The second kappa shape index (κ2) is 12.0. The van der Waals surface area contributed by atoms with E-state index in [1.807, 2.05) is 12.1 Å². The first-order valence-electron chi connectivity index (χ1n) is 11.6. The van der Waals surface area contributed by atoms with Crippen LogP contribution in [0, 0.1) is 5.41 Å².